The zero-order valence-corrected chi connectivity index (χ0v) is 11.5. The zero-order valence-electron chi connectivity index (χ0n) is 10.7. The Bertz CT molecular complexity index is 721. The van der Waals surface area contributed by atoms with Gasteiger partial charge in [-0.15, -0.1) is 0 Å². The van der Waals surface area contributed by atoms with Gasteiger partial charge < -0.3 is 10.2 Å². The van der Waals surface area contributed by atoms with E-state index in [0.29, 0.717) is 17.0 Å². The first kappa shape index (κ1) is 12.6. The second-order valence-corrected chi connectivity index (χ2v) is 7.17. The first-order chi connectivity index (χ1) is 8.95. The van der Waals surface area contributed by atoms with Gasteiger partial charge in [-0.05, 0) is 31.0 Å². The molecule has 1 aromatic carbocycles. The number of rotatable bonds is 2. The molecule has 2 unspecified atom stereocenters. The predicted molar refractivity (Wildman–Crippen MR) is 71.7 cm³/mol. The average Bonchev–Trinajstić information content (AvgIpc) is 2.91. The quantitative estimate of drug-likeness (QED) is 0.906. The minimum absolute atomic E-state index is 0.0856. The summed E-state index contributed by atoms with van der Waals surface area (Å²) in [4.78, 5) is 4.67. The van der Waals surface area contributed by atoms with Gasteiger partial charge in [-0.25, -0.2) is 13.4 Å². The van der Waals surface area contributed by atoms with Crippen LogP contribution in [0, 0.1) is 0 Å². The first-order valence-electron chi connectivity index (χ1n) is 6.31. The maximum Gasteiger partial charge on any atom is 0.200 e. The molecule has 5 nitrogen and oxygen atoms in total. The third-order valence-electron chi connectivity index (χ3n) is 3.69. The van der Waals surface area contributed by atoms with Gasteiger partial charge in [0.25, 0.3) is 0 Å². The van der Waals surface area contributed by atoms with Crippen LogP contribution in [0.3, 0.4) is 0 Å². The van der Waals surface area contributed by atoms with Crippen molar-refractivity contribution in [3.63, 3.8) is 0 Å². The predicted octanol–water partition coefficient (Wildman–Crippen LogP) is 1.83. The number of fused-ring (bicyclic) bond motifs is 1. The molecule has 1 heterocycles. The van der Waals surface area contributed by atoms with Crippen LogP contribution in [-0.4, -0.2) is 25.7 Å². The molecule has 0 spiro atoms. The van der Waals surface area contributed by atoms with Crippen molar-refractivity contribution in [1.82, 2.24) is 4.98 Å². The summed E-state index contributed by atoms with van der Waals surface area (Å²) in [6.45, 7) is 0. The molecule has 1 aliphatic rings. The molecule has 0 aliphatic heterocycles. The maximum atomic E-state index is 11.5. The van der Waals surface area contributed by atoms with Crippen molar-refractivity contribution in [3.8, 4) is 0 Å². The van der Waals surface area contributed by atoms with Gasteiger partial charge in [-0.2, -0.15) is 0 Å². The smallest absolute Gasteiger partial charge is 0.200 e. The topological polar surface area (TPSA) is 86.2 Å². The highest BCUT2D eigenvalue weighted by Crippen LogP contribution is 2.34. The number of nitrogens with zero attached hydrogens (tertiary/aromatic N) is 1. The third kappa shape index (κ3) is 2.26. The van der Waals surface area contributed by atoms with Crippen LogP contribution >= 0.6 is 0 Å². The number of sulfone groups is 1. The molecule has 0 radical (unpaired) electrons. The van der Waals surface area contributed by atoms with Crippen molar-refractivity contribution < 1.29 is 12.8 Å². The van der Waals surface area contributed by atoms with Gasteiger partial charge >= 0.3 is 0 Å². The van der Waals surface area contributed by atoms with Crippen LogP contribution in [0.15, 0.2) is 27.5 Å². The standard InChI is InChI=1S/C13H16N2O3S/c1-19(16,17)8-5-6-12-11(7-8)15-13(18-12)9-3-2-4-10(9)14/h5-7,9-10H,2-4,14H2,1H3. The van der Waals surface area contributed by atoms with Gasteiger partial charge in [0.1, 0.15) is 5.52 Å². The number of hydrogen-bond donors (Lipinski definition) is 1. The SMILES string of the molecule is CS(=O)(=O)c1ccc2oc(C3CCCC3N)nc2c1. The second kappa shape index (κ2) is 4.31. The van der Waals surface area contributed by atoms with E-state index in [9.17, 15) is 8.42 Å². The molecular formula is C13H16N2O3S. The van der Waals surface area contributed by atoms with E-state index in [0.717, 1.165) is 19.3 Å². The summed E-state index contributed by atoms with van der Waals surface area (Å²) in [5, 5.41) is 0. The van der Waals surface area contributed by atoms with Crippen LogP contribution in [0.4, 0.5) is 0 Å². The molecule has 2 atom stereocenters. The molecule has 3 rings (SSSR count). The molecule has 1 aliphatic carbocycles. The lowest BCUT2D eigenvalue weighted by molar-refractivity contribution is 0.449. The summed E-state index contributed by atoms with van der Waals surface area (Å²) >= 11 is 0. The van der Waals surface area contributed by atoms with E-state index >= 15 is 0 Å². The zero-order chi connectivity index (χ0) is 13.6. The highest BCUT2D eigenvalue weighted by Gasteiger charge is 2.29. The Labute approximate surface area is 111 Å². The summed E-state index contributed by atoms with van der Waals surface area (Å²) < 4.78 is 28.7. The van der Waals surface area contributed by atoms with Crippen molar-refractivity contribution in [2.45, 2.75) is 36.1 Å². The number of hydrogen-bond acceptors (Lipinski definition) is 5. The lowest BCUT2D eigenvalue weighted by atomic mass is 10.1. The van der Waals surface area contributed by atoms with E-state index in [-0.39, 0.29) is 16.9 Å². The molecular weight excluding hydrogens is 264 g/mol. The first-order valence-corrected chi connectivity index (χ1v) is 8.20. The molecule has 2 N–H and O–H groups in total. The molecule has 0 amide bonds. The van der Waals surface area contributed by atoms with E-state index in [4.69, 9.17) is 10.2 Å². The third-order valence-corrected chi connectivity index (χ3v) is 4.80. The Morgan fingerprint density at radius 3 is 2.79 bits per heavy atom. The minimum atomic E-state index is -3.22. The van der Waals surface area contributed by atoms with Gasteiger partial charge in [0.05, 0.1) is 10.8 Å². The lowest BCUT2D eigenvalue weighted by Gasteiger charge is -2.09. The Hall–Kier alpha value is -1.40. The number of aromatic nitrogens is 1. The van der Waals surface area contributed by atoms with E-state index in [2.05, 4.69) is 4.98 Å². The minimum Gasteiger partial charge on any atom is -0.440 e. The highest BCUT2D eigenvalue weighted by atomic mass is 32.2. The van der Waals surface area contributed by atoms with Crippen LogP contribution in [-0.2, 0) is 9.84 Å². The van der Waals surface area contributed by atoms with Gasteiger partial charge in [0.15, 0.2) is 21.3 Å². The van der Waals surface area contributed by atoms with Crippen LogP contribution in [0.2, 0.25) is 0 Å². The molecule has 2 aromatic rings. The normalized spacial score (nSPS) is 24.1. The van der Waals surface area contributed by atoms with Crippen molar-refractivity contribution in [2.75, 3.05) is 6.26 Å². The Morgan fingerprint density at radius 2 is 2.16 bits per heavy atom. The molecule has 0 bridgehead atoms. The van der Waals surface area contributed by atoms with Crippen molar-refractivity contribution in [1.29, 1.82) is 0 Å². The van der Waals surface area contributed by atoms with E-state index in [1.54, 1.807) is 18.2 Å². The van der Waals surface area contributed by atoms with Gasteiger partial charge in [0, 0.05) is 12.3 Å². The second-order valence-electron chi connectivity index (χ2n) is 5.16. The number of nitrogens with two attached hydrogens (primary N) is 1. The van der Waals surface area contributed by atoms with Crippen molar-refractivity contribution in [2.24, 2.45) is 5.73 Å². The monoisotopic (exact) mass is 280 g/mol. The Kier molecular flexibility index (Phi) is 2.87. The summed E-state index contributed by atoms with van der Waals surface area (Å²) in [6, 6.07) is 4.84. The van der Waals surface area contributed by atoms with Crippen molar-refractivity contribution >= 4 is 20.9 Å². The highest BCUT2D eigenvalue weighted by molar-refractivity contribution is 7.90. The van der Waals surface area contributed by atoms with E-state index < -0.39 is 9.84 Å². The maximum absolute atomic E-state index is 11.5. The fourth-order valence-electron chi connectivity index (χ4n) is 2.61. The fraction of sp³-hybridized carbons (Fsp3) is 0.462. The number of oxazole rings is 1. The molecule has 1 fully saturated rings. The average molecular weight is 280 g/mol. The molecule has 1 aromatic heterocycles. The number of benzene rings is 1. The van der Waals surface area contributed by atoms with Crippen LogP contribution in [0.5, 0.6) is 0 Å². The van der Waals surface area contributed by atoms with Gasteiger partial charge in [-0.3, -0.25) is 0 Å². The van der Waals surface area contributed by atoms with Crippen LogP contribution in [0.25, 0.3) is 11.1 Å². The van der Waals surface area contributed by atoms with E-state index in [1.165, 1.54) is 6.26 Å². The summed E-state index contributed by atoms with van der Waals surface area (Å²) in [7, 11) is -3.22. The molecule has 19 heavy (non-hydrogen) atoms. The summed E-state index contributed by atoms with van der Waals surface area (Å²) in [5.41, 5.74) is 7.23. The lowest BCUT2D eigenvalue weighted by Crippen LogP contribution is -2.22. The summed E-state index contributed by atoms with van der Waals surface area (Å²) in [5.74, 6) is 0.778. The largest absolute Gasteiger partial charge is 0.440 e. The van der Waals surface area contributed by atoms with Crippen LogP contribution < -0.4 is 5.73 Å². The molecule has 0 saturated heterocycles. The molecule has 1 saturated carbocycles. The van der Waals surface area contributed by atoms with Crippen molar-refractivity contribution in [3.05, 3.63) is 24.1 Å². The van der Waals surface area contributed by atoms with E-state index in [1.807, 2.05) is 0 Å². The molecule has 6 heteroatoms. The Balaban J connectivity index is 2.06. The van der Waals surface area contributed by atoms with Gasteiger partial charge in [-0.1, -0.05) is 6.42 Å². The molecule has 102 valence electrons. The summed E-state index contributed by atoms with van der Waals surface area (Å²) in [6.07, 6.45) is 4.23. The van der Waals surface area contributed by atoms with Gasteiger partial charge in [0.2, 0.25) is 0 Å². The Morgan fingerprint density at radius 1 is 1.37 bits per heavy atom. The van der Waals surface area contributed by atoms with Crippen LogP contribution in [0.1, 0.15) is 31.1 Å². The fourth-order valence-corrected chi connectivity index (χ4v) is 3.25.